The zero-order valence-electron chi connectivity index (χ0n) is 19.4. The van der Waals surface area contributed by atoms with Crippen LogP contribution < -0.4 is 15.1 Å². The van der Waals surface area contributed by atoms with Crippen molar-refractivity contribution >= 4 is 46.4 Å². The number of halogens is 1. The average molecular weight is 492 g/mol. The third-order valence-electron chi connectivity index (χ3n) is 7.73. The van der Waals surface area contributed by atoms with Crippen molar-refractivity contribution in [3.05, 3.63) is 64.7 Å². The number of nitrogens with zero attached hydrogens (tertiary/aromatic N) is 2. The van der Waals surface area contributed by atoms with Crippen molar-refractivity contribution in [2.24, 2.45) is 23.7 Å². The number of amides is 3. The molecule has 3 amide bonds. The van der Waals surface area contributed by atoms with Crippen LogP contribution in [0.5, 0.6) is 0 Å². The second-order valence-corrected chi connectivity index (χ2v) is 10.1. The number of rotatable bonds is 4. The molecule has 35 heavy (non-hydrogen) atoms. The van der Waals surface area contributed by atoms with Gasteiger partial charge in [0.2, 0.25) is 11.8 Å². The topological polar surface area (TPSA) is 79.0 Å². The fraction of sp³-hybridized carbons (Fsp3) is 0.370. The Morgan fingerprint density at radius 3 is 2.34 bits per heavy atom. The van der Waals surface area contributed by atoms with E-state index in [0.29, 0.717) is 48.3 Å². The molecule has 2 saturated heterocycles. The van der Waals surface area contributed by atoms with E-state index in [4.69, 9.17) is 16.3 Å². The Morgan fingerprint density at radius 2 is 1.69 bits per heavy atom. The first-order chi connectivity index (χ1) is 16.9. The molecule has 0 spiro atoms. The molecule has 0 aromatic heterocycles. The summed E-state index contributed by atoms with van der Waals surface area (Å²) in [6.07, 6.45) is 5.03. The molecule has 7 nitrogen and oxygen atoms in total. The summed E-state index contributed by atoms with van der Waals surface area (Å²) in [6.45, 7) is 4.33. The van der Waals surface area contributed by atoms with Gasteiger partial charge in [-0.3, -0.25) is 14.4 Å². The summed E-state index contributed by atoms with van der Waals surface area (Å²) in [5.74, 6) is -0.956. The summed E-state index contributed by atoms with van der Waals surface area (Å²) < 4.78 is 5.48. The summed E-state index contributed by atoms with van der Waals surface area (Å²) in [4.78, 5) is 43.6. The van der Waals surface area contributed by atoms with Gasteiger partial charge in [0, 0.05) is 29.5 Å². The molecule has 2 aromatic rings. The number of hydrogen-bond acceptors (Lipinski definition) is 5. The number of carbonyl (C=O) groups excluding carboxylic acids is 3. The average Bonchev–Trinajstić information content (AvgIpc) is 3.55. The van der Waals surface area contributed by atoms with Gasteiger partial charge in [-0.1, -0.05) is 29.8 Å². The fourth-order valence-electron chi connectivity index (χ4n) is 5.95. The smallest absolute Gasteiger partial charge is 0.257 e. The van der Waals surface area contributed by atoms with Gasteiger partial charge in [0.25, 0.3) is 5.91 Å². The van der Waals surface area contributed by atoms with Crippen LogP contribution in [0, 0.1) is 30.6 Å². The van der Waals surface area contributed by atoms with E-state index in [1.165, 1.54) is 4.90 Å². The number of nitrogens with one attached hydrogen (secondary N) is 1. The Bertz CT molecular complexity index is 1240. The summed E-state index contributed by atoms with van der Waals surface area (Å²) in [5.41, 5.74) is 3.08. The quantitative estimate of drug-likeness (QED) is 0.515. The lowest BCUT2D eigenvalue weighted by Gasteiger charge is -2.31. The molecule has 1 N–H and O–H groups in total. The standard InChI is InChI=1S/C27H26ClN3O4/c1-15-2-5-18(13-21(15)28)29-25(32)20-14-19(6-7-22(20)30-8-10-35-11-9-30)31-26(33)23-16-3-4-17(12-16)24(23)27(31)34/h2-7,13-14,16-17,23-24H,8-12H2,1H3,(H,29,32). The molecule has 4 atom stereocenters. The van der Waals surface area contributed by atoms with E-state index < -0.39 is 0 Å². The fourth-order valence-corrected chi connectivity index (χ4v) is 6.13. The van der Waals surface area contributed by atoms with Crippen LogP contribution in [0.15, 0.2) is 48.6 Å². The molecular weight excluding hydrogens is 466 g/mol. The summed E-state index contributed by atoms with van der Waals surface area (Å²) in [6, 6.07) is 10.6. The van der Waals surface area contributed by atoms with Crippen LogP contribution in [-0.4, -0.2) is 44.0 Å². The Balaban J connectivity index is 1.36. The predicted octanol–water partition coefficient (Wildman–Crippen LogP) is 4.05. The van der Waals surface area contributed by atoms with E-state index in [2.05, 4.69) is 22.4 Å². The number of carbonyl (C=O) groups is 3. The second-order valence-electron chi connectivity index (χ2n) is 9.73. The molecule has 2 aliphatic carbocycles. The number of fused-ring (bicyclic) bond motifs is 5. The lowest BCUT2D eigenvalue weighted by molar-refractivity contribution is -0.123. The van der Waals surface area contributed by atoms with E-state index in [1.807, 2.05) is 19.1 Å². The molecule has 2 bridgehead atoms. The van der Waals surface area contributed by atoms with Crippen molar-refractivity contribution in [1.82, 2.24) is 0 Å². The van der Waals surface area contributed by atoms with Gasteiger partial charge in [0.05, 0.1) is 36.3 Å². The van der Waals surface area contributed by atoms with Crippen molar-refractivity contribution in [1.29, 1.82) is 0 Å². The lowest BCUT2D eigenvalue weighted by Crippen LogP contribution is -2.38. The third kappa shape index (κ3) is 3.65. The maximum Gasteiger partial charge on any atom is 0.257 e. The second kappa shape index (κ2) is 8.50. The minimum atomic E-state index is -0.325. The Morgan fingerprint density at radius 1 is 1.00 bits per heavy atom. The molecule has 6 rings (SSSR count). The number of allylic oxidation sites excluding steroid dienone is 2. The number of aryl methyl sites for hydroxylation is 1. The Hall–Kier alpha value is -3.16. The number of imide groups is 1. The largest absolute Gasteiger partial charge is 0.378 e. The third-order valence-corrected chi connectivity index (χ3v) is 8.14. The van der Waals surface area contributed by atoms with E-state index >= 15 is 0 Å². The van der Waals surface area contributed by atoms with Crippen LogP contribution >= 0.6 is 11.6 Å². The van der Waals surface area contributed by atoms with Crippen LogP contribution in [0.25, 0.3) is 0 Å². The number of benzene rings is 2. The highest BCUT2D eigenvalue weighted by Gasteiger charge is 2.59. The number of anilines is 3. The van der Waals surface area contributed by atoms with Crippen molar-refractivity contribution in [3.63, 3.8) is 0 Å². The minimum absolute atomic E-state index is 0.133. The maximum absolute atomic E-state index is 13.5. The van der Waals surface area contributed by atoms with Crippen LogP contribution in [0.3, 0.4) is 0 Å². The van der Waals surface area contributed by atoms with Gasteiger partial charge in [-0.25, -0.2) is 4.90 Å². The van der Waals surface area contributed by atoms with E-state index in [-0.39, 0.29) is 41.4 Å². The highest BCUT2D eigenvalue weighted by molar-refractivity contribution is 6.31. The Kier molecular flexibility index (Phi) is 5.42. The van der Waals surface area contributed by atoms with Gasteiger partial charge >= 0.3 is 0 Å². The van der Waals surface area contributed by atoms with Crippen LogP contribution in [0.2, 0.25) is 5.02 Å². The zero-order valence-corrected chi connectivity index (χ0v) is 20.1. The zero-order chi connectivity index (χ0) is 24.3. The van der Waals surface area contributed by atoms with Gasteiger partial charge in [-0.15, -0.1) is 0 Å². The molecule has 3 fully saturated rings. The number of hydrogen-bond donors (Lipinski definition) is 1. The first kappa shape index (κ1) is 22.3. The highest BCUT2D eigenvalue weighted by Crippen LogP contribution is 2.53. The van der Waals surface area contributed by atoms with E-state index in [1.54, 1.807) is 24.3 Å². The SMILES string of the molecule is Cc1ccc(NC(=O)c2cc(N3C(=O)C4C5C=CC(C5)C4C3=O)ccc2N2CCOCC2)cc1Cl. The first-order valence-corrected chi connectivity index (χ1v) is 12.4. The molecule has 8 heteroatoms. The van der Waals surface area contributed by atoms with Gasteiger partial charge in [-0.2, -0.15) is 0 Å². The van der Waals surface area contributed by atoms with Crippen molar-refractivity contribution in [3.8, 4) is 0 Å². The van der Waals surface area contributed by atoms with Crippen LogP contribution in [0.1, 0.15) is 22.3 Å². The van der Waals surface area contributed by atoms with Gasteiger partial charge in [-0.05, 0) is 61.1 Å². The molecule has 180 valence electrons. The highest BCUT2D eigenvalue weighted by atomic mass is 35.5. The molecule has 4 unspecified atom stereocenters. The van der Waals surface area contributed by atoms with Crippen LogP contribution in [0.4, 0.5) is 17.1 Å². The number of morpholine rings is 1. The molecule has 2 aliphatic heterocycles. The summed E-state index contributed by atoms with van der Waals surface area (Å²) in [7, 11) is 0. The molecular formula is C27H26ClN3O4. The monoisotopic (exact) mass is 491 g/mol. The summed E-state index contributed by atoms with van der Waals surface area (Å²) >= 11 is 6.25. The van der Waals surface area contributed by atoms with Crippen molar-refractivity contribution in [2.45, 2.75) is 13.3 Å². The minimum Gasteiger partial charge on any atom is -0.378 e. The molecule has 2 aromatic carbocycles. The first-order valence-electron chi connectivity index (χ1n) is 12.0. The van der Waals surface area contributed by atoms with E-state index in [0.717, 1.165) is 17.7 Å². The van der Waals surface area contributed by atoms with Crippen molar-refractivity contribution < 1.29 is 19.1 Å². The lowest BCUT2D eigenvalue weighted by atomic mass is 9.85. The van der Waals surface area contributed by atoms with Crippen LogP contribution in [-0.2, 0) is 14.3 Å². The predicted molar refractivity (Wildman–Crippen MR) is 134 cm³/mol. The van der Waals surface area contributed by atoms with Gasteiger partial charge in [0.1, 0.15) is 0 Å². The molecule has 0 radical (unpaired) electrons. The van der Waals surface area contributed by atoms with Gasteiger partial charge in [0.15, 0.2) is 0 Å². The molecule has 1 saturated carbocycles. The maximum atomic E-state index is 13.5. The Labute approximate surface area is 208 Å². The summed E-state index contributed by atoms with van der Waals surface area (Å²) in [5, 5.41) is 3.49. The molecule has 2 heterocycles. The number of ether oxygens (including phenoxy) is 1. The van der Waals surface area contributed by atoms with E-state index in [9.17, 15) is 14.4 Å². The normalized spacial score (nSPS) is 27.0. The van der Waals surface area contributed by atoms with Crippen molar-refractivity contribution in [2.75, 3.05) is 41.4 Å². The molecule has 4 aliphatic rings. The van der Waals surface area contributed by atoms with Gasteiger partial charge < -0.3 is 15.0 Å².